The lowest BCUT2D eigenvalue weighted by atomic mass is 9.99. The lowest BCUT2D eigenvalue weighted by Crippen LogP contribution is -2.57. The van der Waals surface area contributed by atoms with E-state index in [0.29, 0.717) is 24.4 Å². The molecule has 1 saturated heterocycles. The first-order valence-corrected chi connectivity index (χ1v) is 8.66. The van der Waals surface area contributed by atoms with Crippen molar-refractivity contribution in [2.75, 3.05) is 13.2 Å². The Morgan fingerprint density at radius 3 is 2.70 bits per heavy atom. The second kappa shape index (κ2) is 6.67. The molecule has 1 aromatic heterocycles. The minimum absolute atomic E-state index is 0.0826. The van der Waals surface area contributed by atoms with Gasteiger partial charge in [0, 0.05) is 6.54 Å². The summed E-state index contributed by atoms with van der Waals surface area (Å²) in [7, 11) is 0. The number of aromatic nitrogens is 2. The topological polar surface area (TPSA) is 47.4 Å². The van der Waals surface area contributed by atoms with Gasteiger partial charge < -0.3 is 9.64 Å². The van der Waals surface area contributed by atoms with Crippen molar-refractivity contribution in [1.29, 1.82) is 0 Å². The molecule has 0 bridgehead atoms. The predicted octanol–water partition coefficient (Wildman–Crippen LogP) is 3.84. The molecular formula is C19H22F3N3O2. The van der Waals surface area contributed by atoms with Gasteiger partial charge in [-0.1, -0.05) is 6.07 Å². The van der Waals surface area contributed by atoms with Gasteiger partial charge in [-0.15, -0.1) is 0 Å². The molecule has 3 rings (SSSR count). The summed E-state index contributed by atoms with van der Waals surface area (Å²) in [6.07, 6.45) is -3.11. The summed E-state index contributed by atoms with van der Waals surface area (Å²) in [6.45, 7) is 8.28. The molecule has 1 unspecified atom stereocenters. The van der Waals surface area contributed by atoms with Crippen molar-refractivity contribution in [3.63, 3.8) is 0 Å². The van der Waals surface area contributed by atoms with Crippen LogP contribution in [0.3, 0.4) is 0 Å². The first-order chi connectivity index (χ1) is 12.5. The maximum atomic E-state index is 13.1. The van der Waals surface area contributed by atoms with Crippen LogP contribution in [-0.4, -0.2) is 45.4 Å². The van der Waals surface area contributed by atoms with E-state index in [2.05, 4.69) is 5.10 Å². The summed E-state index contributed by atoms with van der Waals surface area (Å²) in [4.78, 5) is 14.8. The number of carbonyl (C=O) groups excluding carboxylic acids is 1. The number of morpholine rings is 1. The molecule has 1 amide bonds. The van der Waals surface area contributed by atoms with E-state index in [4.69, 9.17) is 4.74 Å². The van der Waals surface area contributed by atoms with Gasteiger partial charge in [0.1, 0.15) is 0 Å². The van der Waals surface area contributed by atoms with Gasteiger partial charge in [-0.05, 0) is 45.9 Å². The molecule has 0 aliphatic carbocycles. The second-order valence-corrected chi connectivity index (χ2v) is 7.45. The number of amides is 1. The SMILES string of the molecule is Cc1c(C(=O)N2CC(C)OCC2(C)C)cnn1-c1cccc(C(F)(F)F)c1. The fourth-order valence-corrected chi connectivity index (χ4v) is 3.18. The molecule has 2 aromatic rings. The molecule has 1 atom stereocenters. The zero-order valence-electron chi connectivity index (χ0n) is 15.7. The first-order valence-electron chi connectivity index (χ1n) is 8.66. The van der Waals surface area contributed by atoms with E-state index >= 15 is 0 Å². The van der Waals surface area contributed by atoms with Gasteiger partial charge in [0.15, 0.2) is 0 Å². The molecule has 0 N–H and O–H groups in total. The molecule has 1 aliphatic rings. The molecule has 0 spiro atoms. The largest absolute Gasteiger partial charge is 0.416 e. The lowest BCUT2D eigenvalue weighted by molar-refractivity contribution is -0.137. The molecule has 0 radical (unpaired) electrons. The van der Waals surface area contributed by atoms with Crippen molar-refractivity contribution in [3.05, 3.63) is 47.3 Å². The standard InChI is InChI=1S/C19H22F3N3O2/c1-12-10-24(18(3,4)11-27-12)17(26)16-9-23-25(13(16)2)15-7-5-6-14(8-15)19(20,21)22/h5-9,12H,10-11H2,1-4H3. The number of benzene rings is 1. The zero-order valence-corrected chi connectivity index (χ0v) is 15.7. The fraction of sp³-hybridized carbons (Fsp3) is 0.474. The highest BCUT2D eigenvalue weighted by molar-refractivity contribution is 5.95. The molecule has 146 valence electrons. The van der Waals surface area contributed by atoms with Gasteiger partial charge in [0.25, 0.3) is 5.91 Å². The zero-order chi connectivity index (χ0) is 20.0. The van der Waals surface area contributed by atoms with E-state index < -0.39 is 17.3 Å². The third-order valence-electron chi connectivity index (χ3n) is 4.79. The Morgan fingerprint density at radius 2 is 2.04 bits per heavy atom. The van der Waals surface area contributed by atoms with Crippen molar-refractivity contribution in [1.82, 2.24) is 14.7 Å². The van der Waals surface area contributed by atoms with Crippen LogP contribution in [0.5, 0.6) is 0 Å². The van der Waals surface area contributed by atoms with E-state index in [1.807, 2.05) is 20.8 Å². The number of hydrogen-bond acceptors (Lipinski definition) is 3. The van der Waals surface area contributed by atoms with Crippen LogP contribution < -0.4 is 0 Å². The molecule has 27 heavy (non-hydrogen) atoms. The summed E-state index contributed by atoms with van der Waals surface area (Å²) >= 11 is 0. The van der Waals surface area contributed by atoms with E-state index in [0.717, 1.165) is 12.1 Å². The summed E-state index contributed by atoms with van der Waals surface area (Å²) < 4.78 is 45.9. The monoisotopic (exact) mass is 381 g/mol. The highest BCUT2D eigenvalue weighted by Crippen LogP contribution is 2.31. The Morgan fingerprint density at radius 1 is 1.33 bits per heavy atom. The van der Waals surface area contributed by atoms with E-state index in [1.165, 1.54) is 23.0 Å². The van der Waals surface area contributed by atoms with Crippen molar-refractivity contribution < 1.29 is 22.7 Å². The number of nitrogens with zero attached hydrogens (tertiary/aromatic N) is 3. The second-order valence-electron chi connectivity index (χ2n) is 7.45. The van der Waals surface area contributed by atoms with Gasteiger partial charge in [-0.2, -0.15) is 18.3 Å². The van der Waals surface area contributed by atoms with Crippen molar-refractivity contribution >= 4 is 5.91 Å². The van der Waals surface area contributed by atoms with Gasteiger partial charge >= 0.3 is 6.18 Å². The molecule has 8 heteroatoms. The van der Waals surface area contributed by atoms with Crippen LogP contribution in [0.1, 0.15) is 42.4 Å². The number of alkyl halides is 3. The minimum atomic E-state index is -4.44. The number of ether oxygens (including phenoxy) is 1. The average Bonchev–Trinajstić information content (AvgIpc) is 2.97. The number of rotatable bonds is 2. The molecule has 1 aliphatic heterocycles. The first kappa shape index (κ1) is 19.4. The van der Waals surface area contributed by atoms with Crippen molar-refractivity contribution in [3.8, 4) is 5.69 Å². The smallest absolute Gasteiger partial charge is 0.374 e. The van der Waals surface area contributed by atoms with Crippen LogP contribution in [0, 0.1) is 6.92 Å². The van der Waals surface area contributed by atoms with Crippen LogP contribution in [0.15, 0.2) is 30.5 Å². The van der Waals surface area contributed by atoms with Crippen LogP contribution in [-0.2, 0) is 10.9 Å². The van der Waals surface area contributed by atoms with Crippen LogP contribution in [0.2, 0.25) is 0 Å². The highest BCUT2D eigenvalue weighted by Gasteiger charge is 2.38. The Hall–Kier alpha value is -2.35. The molecule has 1 fully saturated rings. The van der Waals surface area contributed by atoms with Gasteiger partial charge in [-0.25, -0.2) is 4.68 Å². The van der Waals surface area contributed by atoms with E-state index in [1.54, 1.807) is 11.8 Å². The number of hydrogen-bond donors (Lipinski definition) is 0. The highest BCUT2D eigenvalue weighted by atomic mass is 19.4. The summed E-state index contributed by atoms with van der Waals surface area (Å²) in [5.41, 5.74) is -0.111. The molecule has 0 saturated carbocycles. The van der Waals surface area contributed by atoms with Crippen LogP contribution >= 0.6 is 0 Å². The van der Waals surface area contributed by atoms with Gasteiger partial charge in [0.2, 0.25) is 0 Å². The summed E-state index contributed by atoms with van der Waals surface area (Å²) in [5, 5.41) is 4.16. The Kier molecular flexibility index (Phi) is 4.80. The number of halogens is 3. The quantitative estimate of drug-likeness (QED) is 0.794. The predicted molar refractivity (Wildman–Crippen MR) is 93.8 cm³/mol. The summed E-state index contributed by atoms with van der Waals surface area (Å²) in [6, 6.07) is 4.89. The van der Waals surface area contributed by atoms with Crippen molar-refractivity contribution in [2.24, 2.45) is 0 Å². The summed E-state index contributed by atoms with van der Waals surface area (Å²) in [5.74, 6) is -0.203. The third kappa shape index (κ3) is 3.71. The third-order valence-corrected chi connectivity index (χ3v) is 4.79. The minimum Gasteiger partial charge on any atom is -0.374 e. The molecule has 5 nitrogen and oxygen atoms in total. The number of carbonyl (C=O) groups is 1. The maximum absolute atomic E-state index is 13.1. The Labute approximate surface area is 155 Å². The van der Waals surface area contributed by atoms with Crippen molar-refractivity contribution in [2.45, 2.75) is 45.5 Å². The van der Waals surface area contributed by atoms with Gasteiger partial charge in [0.05, 0.1) is 47.0 Å². The Balaban J connectivity index is 1.95. The maximum Gasteiger partial charge on any atom is 0.416 e. The average molecular weight is 381 g/mol. The lowest BCUT2D eigenvalue weighted by Gasteiger charge is -2.44. The van der Waals surface area contributed by atoms with Crippen LogP contribution in [0.25, 0.3) is 5.69 Å². The fourth-order valence-electron chi connectivity index (χ4n) is 3.18. The van der Waals surface area contributed by atoms with Gasteiger partial charge in [-0.3, -0.25) is 4.79 Å². The Bertz CT molecular complexity index is 858. The normalized spacial score (nSPS) is 20.0. The van der Waals surface area contributed by atoms with Crippen LogP contribution in [0.4, 0.5) is 13.2 Å². The van der Waals surface area contributed by atoms with E-state index in [-0.39, 0.29) is 17.7 Å². The van der Waals surface area contributed by atoms with E-state index in [9.17, 15) is 18.0 Å². The molecule has 1 aromatic carbocycles. The molecule has 2 heterocycles. The molecular weight excluding hydrogens is 359 g/mol.